The van der Waals surface area contributed by atoms with Crippen LogP contribution in [0.3, 0.4) is 0 Å². The van der Waals surface area contributed by atoms with Gasteiger partial charge in [0.2, 0.25) is 0 Å². The number of anilines is 2. The Morgan fingerprint density at radius 2 is 1.89 bits per heavy atom. The number of hydrazine groups is 1. The molecule has 2 aromatic rings. The SMILES string of the molecule is CCOC(=O)/C(=C(\N)c1cnc(Cl)c(Cl)c1)N(N)c1cc(F)c(F)cc1N. The van der Waals surface area contributed by atoms with Crippen molar-refractivity contribution in [1.29, 1.82) is 0 Å². The molecule has 11 heteroatoms. The van der Waals surface area contributed by atoms with E-state index in [0.717, 1.165) is 12.1 Å². The van der Waals surface area contributed by atoms with Crippen molar-refractivity contribution in [2.75, 3.05) is 17.3 Å². The summed E-state index contributed by atoms with van der Waals surface area (Å²) in [6, 6.07) is 2.81. The zero-order valence-electron chi connectivity index (χ0n) is 14.0. The number of hydrogen-bond donors (Lipinski definition) is 3. The maximum Gasteiger partial charge on any atom is 0.358 e. The second kappa shape index (κ2) is 8.38. The number of aromatic nitrogens is 1. The number of nitrogens with two attached hydrogens (primary N) is 3. The van der Waals surface area contributed by atoms with Crippen LogP contribution in [-0.4, -0.2) is 17.6 Å². The third-order valence-corrected chi connectivity index (χ3v) is 4.09. The molecule has 0 unspecified atom stereocenters. The topological polar surface area (TPSA) is 120 Å². The summed E-state index contributed by atoms with van der Waals surface area (Å²) in [5, 5.41) is 0.810. The molecular formula is C16H15Cl2F2N5O2. The number of halogens is 4. The van der Waals surface area contributed by atoms with E-state index in [-0.39, 0.29) is 45.1 Å². The third kappa shape index (κ3) is 4.38. The molecule has 0 saturated heterocycles. The highest BCUT2D eigenvalue weighted by molar-refractivity contribution is 6.41. The fourth-order valence-corrected chi connectivity index (χ4v) is 2.39. The van der Waals surface area contributed by atoms with Crippen molar-refractivity contribution >= 4 is 46.2 Å². The van der Waals surface area contributed by atoms with Crippen LogP contribution in [0.15, 0.2) is 30.1 Å². The van der Waals surface area contributed by atoms with Crippen LogP contribution in [-0.2, 0) is 9.53 Å². The van der Waals surface area contributed by atoms with Gasteiger partial charge in [-0.3, -0.25) is 5.01 Å². The molecule has 0 amide bonds. The van der Waals surface area contributed by atoms with Gasteiger partial charge in [-0.15, -0.1) is 0 Å². The first-order chi connectivity index (χ1) is 12.7. The lowest BCUT2D eigenvalue weighted by Crippen LogP contribution is -2.37. The molecule has 0 atom stereocenters. The lowest BCUT2D eigenvalue weighted by Gasteiger charge is -2.24. The zero-order valence-corrected chi connectivity index (χ0v) is 15.5. The van der Waals surface area contributed by atoms with Gasteiger partial charge in [-0.2, -0.15) is 0 Å². The molecule has 7 nitrogen and oxygen atoms in total. The summed E-state index contributed by atoms with van der Waals surface area (Å²) >= 11 is 11.7. The van der Waals surface area contributed by atoms with Gasteiger partial charge in [-0.25, -0.2) is 24.4 Å². The van der Waals surface area contributed by atoms with Gasteiger partial charge in [0.05, 0.1) is 28.7 Å². The second-order valence-electron chi connectivity index (χ2n) is 5.17. The number of carbonyl (C=O) groups is 1. The summed E-state index contributed by atoms with van der Waals surface area (Å²) in [4.78, 5) is 16.3. The van der Waals surface area contributed by atoms with Crippen LogP contribution in [0.25, 0.3) is 5.70 Å². The highest BCUT2D eigenvalue weighted by Gasteiger charge is 2.25. The number of nitrogen functional groups attached to an aromatic ring is 1. The summed E-state index contributed by atoms with van der Waals surface area (Å²) < 4.78 is 31.9. The second-order valence-corrected chi connectivity index (χ2v) is 5.94. The molecule has 144 valence electrons. The van der Waals surface area contributed by atoms with E-state index in [1.54, 1.807) is 6.92 Å². The van der Waals surface area contributed by atoms with Gasteiger partial charge in [0.1, 0.15) is 5.15 Å². The van der Waals surface area contributed by atoms with E-state index in [1.165, 1.54) is 12.3 Å². The molecule has 0 aliphatic heterocycles. The van der Waals surface area contributed by atoms with Gasteiger partial charge in [-0.1, -0.05) is 23.2 Å². The van der Waals surface area contributed by atoms with Gasteiger partial charge in [0, 0.05) is 23.9 Å². The van der Waals surface area contributed by atoms with Crippen LogP contribution >= 0.6 is 23.2 Å². The first-order valence-electron chi connectivity index (χ1n) is 7.45. The Morgan fingerprint density at radius 3 is 2.48 bits per heavy atom. The van der Waals surface area contributed by atoms with E-state index >= 15 is 0 Å². The Labute approximate surface area is 163 Å². The number of esters is 1. The largest absolute Gasteiger partial charge is 0.461 e. The maximum atomic E-state index is 13.6. The molecule has 6 N–H and O–H groups in total. The maximum absolute atomic E-state index is 13.6. The van der Waals surface area contributed by atoms with Crippen LogP contribution in [0.2, 0.25) is 10.2 Å². The number of carbonyl (C=O) groups excluding carboxylic acids is 1. The number of pyridine rings is 1. The fraction of sp³-hybridized carbons (Fsp3) is 0.125. The molecule has 27 heavy (non-hydrogen) atoms. The molecule has 2 rings (SSSR count). The molecule has 0 spiro atoms. The Kier molecular flexibility index (Phi) is 6.42. The Balaban J connectivity index is 2.65. The van der Waals surface area contributed by atoms with Crippen molar-refractivity contribution in [3.63, 3.8) is 0 Å². The van der Waals surface area contributed by atoms with Crippen molar-refractivity contribution in [1.82, 2.24) is 4.98 Å². The average Bonchev–Trinajstić information content (AvgIpc) is 2.60. The highest BCUT2D eigenvalue weighted by Crippen LogP contribution is 2.30. The standard InChI is InChI=1S/C16H15Cl2F2N5O2/c1-2-27-16(26)14(13(22)7-3-8(17)15(18)24-6-7)25(23)12-5-10(20)9(19)4-11(12)21/h3-6H,2,21-23H2,1H3/b14-13+. The Hall–Kier alpha value is -2.62. The van der Waals surface area contributed by atoms with Gasteiger partial charge in [-0.05, 0) is 13.0 Å². The Morgan fingerprint density at radius 1 is 1.26 bits per heavy atom. The van der Waals surface area contributed by atoms with Crippen molar-refractivity contribution in [3.8, 4) is 0 Å². The lowest BCUT2D eigenvalue weighted by molar-refractivity contribution is -0.138. The molecule has 0 bridgehead atoms. The van der Waals surface area contributed by atoms with Crippen LogP contribution in [0.5, 0.6) is 0 Å². The van der Waals surface area contributed by atoms with Gasteiger partial charge in [0.15, 0.2) is 17.3 Å². The molecule has 0 aliphatic rings. The predicted molar refractivity (Wildman–Crippen MR) is 99.4 cm³/mol. The van der Waals surface area contributed by atoms with Crippen LogP contribution in [0, 0.1) is 11.6 Å². The van der Waals surface area contributed by atoms with Gasteiger partial charge < -0.3 is 16.2 Å². The van der Waals surface area contributed by atoms with E-state index in [4.69, 9.17) is 45.2 Å². The minimum atomic E-state index is -1.22. The molecule has 0 radical (unpaired) electrons. The minimum absolute atomic E-state index is 0.0103. The normalized spacial score (nSPS) is 11.8. The average molecular weight is 418 g/mol. The van der Waals surface area contributed by atoms with Crippen LogP contribution < -0.4 is 22.3 Å². The van der Waals surface area contributed by atoms with Crippen molar-refractivity contribution in [3.05, 3.63) is 57.5 Å². The van der Waals surface area contributed by atoms with Crippen LogP contribution in [0.4, 0.5) is 20.2 Å². The van der Waals surface area contributed by atoms with E-state index < -0.39 is 17.6 Å². The van der Waals surface area contributed by atoms with Gasteiger partial charge in [0.25, 0.3) is 0 Å². The molecular weight excluding hydrogens is 403 g/mol. The predicted octanol–water partition coefficient (Wildman–Crippen LogP) is 2.82. The molecule has 0 saturated carbocycles. The highest BCUT2D eigenvalue weighted by atomic mass is 35.5. The van der Waals surface area contributed by atoms with E-state index in [9.17, 15) is 13.6 Å². The smallest absolute Gasteiger partial charge is 0.358 e. The lowest BCUT2D eigenvalue weighted by atomic mass is 10.1. The molecule has 1 heterocycles. The summed E-state index contributed by atoms with van der Waals surface area (Å²) in [5.41, 5.74) is 10.9. The van der Waals surface area contributed by atoms with Gasteiger partial charge >= 0.3 is 5.97 Å². The summed E-state index contributed by atoms with van der Waals surface area (Å²) in [7, 11) is 0. The third-order valence-electron chi connectivity index (χ3n) is 3.40. The van der Waals surface area contributed by atoms with E-state index in [2.05, 4.69) is 4.98 Å². The van der Waals surface area contributed by atoms with Crippen LogP contribution in [0.1, 0.15) is 12.5 Å². The molecule has 1 aromatic carbocycles. The molecule has 0 fully saturated rings. The first kappa shape index (κ1) is 20.7. The van der Waals surface area contributed by atoms with Crippen molar-refractivity contribution in [2.45, 2.75) is 6.92 Å². The zero-order chi connectivity index (χ0) is 20.3. The first-order valence-corrected chi connectivity index (χ1v) is 8.20. The number of nitrogens with zero attached hydrogens (tertiary/aromatic N) is 2. The number of benzene rings is 1. The summed E-state index contributed by atoms with van der Waals surface area (Å²) in [6.45, 7) is 1.58. The van der Waals surface area contributed by atoms with E-state index in [0.29, 0.717) is 5.01 Å². The van der Waals surface area contributed by atoms with Crippen molar-refractivity contribution in [2.24, 2.45) is 11.6 Å². The monoisotopic (exact) mass is 417 g/mol. The quantitative estimate of drug-likeness (QED) is 0.171. The number of ether oxygens (including phenoxy) is 1. The Bertz CT molecular complexity index is 924. The molecule has 0 aliphatic carbocycles. The summed E-state index contributed by atoms with van der Waals surface area (Å²) in [6.07, 6.45) is 1.26. The fourth-order valence-electron chi connectivity index (χ4n) is 2.12. The van der Waals surface area contributed by atoms with E-state index in [1.807, 2.05) is 0 Å². The number of rotatable bonds is 5. The number of hydrogen-bond acceptors (Lipinski definition) is 7. The summed E-state index contributed by atoms with van der Waals surface area (Å²) in [5.74, 6) is 2.63. The minimum Gasteiger partial charge on any atom is -0.461 e. The van der Waals surface area contributed by atoms with Crippen molar-refractivity contribution < 1.29 is 18.3 Å². The molecule has 1 aromatic heterocycles.